The number of amides is 2. The van der Waals surface area contributed by atoms with Gasteiger partial charge in [-0.15, -0.1) is 0 Å². The summed E-state index contributed by atoms with van der Waals surface area (Å²) in [7, 11) is 0. The van der Waals surface area contributed by atoms with Crippen LogP contribution in [0.25, 0.3) is 5.70 Å². The lowest BCUT2D eigenvalue weighted by atomic mass is 10.0. The molecule has 0 saturated heterocycles. The van der Waals surface area contributed by atoms with Gasteiger partial charge in [-0.1, -0.05) is 24.3 Å². The Balaban J connectivity index is 1.65. The number of nitrogens with one attached hydrogen (secondary N) is 2. The maximum atomic E-state index is 12.6. The minimum absolute atomic E-state index is 0.124. The summed E-state index contributed by atoms with van der Waals surface area (Å²) >= 11 is 0. The van der Waals surface area contributed by atoms with Crippen molar-refractivity contribution < 1.29 is 18.4 Å². The Morgan fingerprint density at radius 3 is 2.45 bits per heavy atom. The van der Waals surface area contributed by atoms with Crippen molar-refractivity contribution in [3.63, 3.8) is 0 Å². The molecule has 3 heterocycles. The lowest BCUT2D eigenvalue weighted by Crippen LogP contribution is -2.30. The second kappa shape index (κ2) is 7.70. The fourth-order valence-corrected chi connectivity index (χ4v) is 2.87. The summed E-state index contributed by atoms with van der Waals surface area (Å²) in [6, 6.07) is 15.5. The molecule has 2 N–H and O–H groups in total. The first-order valence-corrected chi connectivity index (χ1v) is 8.65. The van der Waals surface area contributed by atoms with Gasteiger partial charge in [-0.05, 0) is 24.3 Å². The third kappa shape index (κ3) is 3.57. The van der Waals surface area contributed by atoms with Gasteiger partial charge in [0.25, 0.3) is 11.8 Å². The normalized spacial score (nSPS) is 13.8. The smallest absolute Gasteiger partial charge is 0.292 e. The number of rotatable bonds is 4. The third-order valence-electron chi connectivity index (χ3n) is 4.22. The van der Waals surface area contributed by atoms with Crippen LogP contribution >= 0.6 is 0 Å². The minimum atomic E-state index is -0.587. The molecule has 2 aromatic heterocycles. The first-order valence-electron chi connectivity index (χ1n) is 8.65. The summed E-state index contributed by atoms with van der Waals surface area (Å²) in [4.78, 5) is 29.3. The lowest BCUT2D eigenvalue weighted by Gasteiger charge is -2.05. The van der Waals surface area contributed by atoms with E-state index in [-0.39, 0.29) is 29.4 Å². The van der Waals surface area contributed by atoms with E-state index in [1.54, 1.807) is 42.5 Å². The monoisotopic (exact) mass is 386 g/mol. The molecule has 8 heteroatoms. The maximum Gasteiger partial charge on any atom is 0.292 e. The highest BCUT2D eigenvalue weighted by Gasteiger charge is 2.27. The molecule has 1 aromatic carbocycles. The Labute approximate surface area is 165 Å². The van der Waals surface area contributed by atoms with E-state index in [4.69, 9.17) is 8.83 Å². The summed E-state index contributed by atoms with van der Waals surface area (Å²) in [6.45, 7) is 0.137. The number of carbonyl (C=O) groups excluding carboxylic acids is 2. The van der Waals surface area contributed by atoms with Gasteiger partial charge in [-0.25, -0.2) is 4.99 Å². The number of furan rings is 2. The molecule has 0 unspecified atom stereocenters. The maximum absolute atomic E-state index is 12.6. The predicted molar refractivity (Wildman–Crippen MR) is 102 cm³/mol. The van der Waals surface area contributed by atoms with Gasteiger partial charge in [-0.3, -0.25) is 9.59 Å². The molecule has 0 bridgehead atoms. The third-order valence-corrected chi connectivity index (χ3v) is 4.22. The number of hydrogen-bond donors (Lipinski definition) is 2. The van der Waals surface area contributed by atoms with E-state index >= 15 is 0 Å². The molecule has 0 spiro atoms. The first kappa shape index (κ1) is 18.0. The van der Waals surface area contributed by atoms with E-state index < -0.39 is 11.8 Å². The molecule has 0 saturated carbocycles. The van der Waals surface area contributed by atoms with Crippen molar-refractivity contribution in [1.82, 2.24) is 10.6 Å². The minimum Gasteiger partial charge on any atom is -0.467 e. The fraction of sp³-hybridized carbons (Fsp3) is 0.0476. The first-order chi connectivity index (χ1) is 14.2. The van der Waals surface area contributed by atoms with Crippen LogP contribution in [0, 0.1) is 11.3 Å². The van der Waals surface area contributed by atoms with Gasteiger partial charge in [0.1, 0.15) is 23.2 Å². The topological polar surface area (TPSA) is 121 Å². The lowest BCUT2D eigenvalue weighted by molar-refractivity contribution is -0.117. The van der Waals surface area contributed by atoms with Gasteiger partial charge in [0.05, 0.1) is 24.8 Å². The molecular weight excluding hydrogens is 372 g/mol. The molecule has 29 heavy (non-hydrogen) atoms. The molecule has 1 aliphatic rings. The number of carbonyl (C=O) groups is 2. The highest BCUT2D eigenvalue weighted by Crippen LogP contribution is 2.30. The van der Waals surface area contributed by atoms with E-state index in [2.05, 4.69) is 15.6 Å². The van der Waals surface area contributed by atoms with Crippen LogP contribution in [0.4, 0.5) is 0 Å². The van der Waals surface area contributed by atoms with Gasteiger partial charge in [0, 0.05) is 11.1 Å². The van der Waals surface area contributed by atoms with Crippen molar-refractivity contribution in [2.45, 2.75) is 6.54 Å². The Bertz CT molecular complexity index is 1170. The number of amidine groups is 1. The fourth-order valence-electron chi connectivity index (χ4n) is 2.87. The average molecular weight is 386 g/mol. The van der Waals surface area contributed by atoms with Crippen molar-refractivity contribution in [3.05, 3.63) is 89.3 Å². The predicted octanol–water partition coefficient (Wildman–Crippen LogP) is 2.61. The Hall–Kier alpha value is -4.38. The number of aliphatic imine (C=N–C) groups is 1. The Kier molecular flexibility index (Phi) is 4.78. The van der Waals surface area contributed by atoms with Crippen LogP contribution in [0.1, 0.15) is 27.4 Å². The number of benzene rings is 1. The van der Waals surface area contributed by atoms with Crippen LogP contribution in [-0.4, -0.2) is 17.6 Å². The summed E-state index contributed by atoms with van der Waals surface area (Å²) < 4.78 is 10.3. The zero-order valence-corrected chi connectivity index (χ0v) is 15.0. The molecule has 142 valence electrons. The van der Waals surface area contributed by atoms with E-state index in [0.29, 0.717) is 16.9 Å². The largest absolute Gasteiger partial charge is 0.467 e. The molecule has 0 fully saturated rings. The van der Waals surface area contributed by atoms with E-state index in [1.165, 1.54) is 18.6 Å². The number of nitrogens with zero attached hydrogens (tertiary/aromatic N) is 2. The van der Waals surface area contributed by atoms with Crippen molar-refractivity contribution in [2.24, 2.45) is 4.99 Å². The number of hydrogen-bond acceptors (Lipinski definition) is 6. The van der Waals surface area contributed by atoms with Crippen molar-refractivity contribution in [1.29, 1.82) is 5.26 Å². The summed E-state index contributed by atoms with van der Waals surface area (Å²) in [5, 5.41) is 14.9. The van der Waals surface area contributed by atoms with Gasteiger partial charge in [0.15, 0.2) is 5.76 Å². The van der Waals surface area contributed by atoms with Crippen LogP contribution in [-0.2, 0) is 11.3 Å². The molecule has 2 amide bonds. The molecule has 0 radical (unpaired) electrons. The van der Waals surface area contributed by atoms with Crippen LogP contribution in [0.15, 0.2) is 80.5 Å². The molecule has 8 nitrogen and oxygen atoms in total. The second-order valence-corrected chi connectivity index (χ2v) is 6.03. The molecule has 4 rings (SSSR count). The summed E-state index contributed by atoms with van der Waals surface area (Å²) in [5.41, 5.74) is 1.21. The Morgan fingerprint density at radius 2 is 1.76 bits per heavy atom. The van der Waals surface area contributed by atoms with E-state index in [1.807, 2.05) is 6.07 Å². The van der Waals surface area contributed by atoms with Crippen LogP contribution in [0.5, 0.6) is 0 Å². The molecule has 3 aromatic rings. The van der Waals surface area contributed by atoms with Gasteiger partial charge in [-0.2, -0.15) is 5.26 Å². The van der Waals surface area contributed by atoms with Crippen molar-refractivity contribution in [2.75, 3.05) is 0 Å². The SMILES string of the molecule is N#C/C(C(=O)NCc1ccco1)=C1/N=C(NC(=O)c2ccco2)c2ccccc21. The molecule has 0 atom stereocenters. The van der Waals surface area contributed by atoms with Crippen molar-refractivity contribution >= 4 is 23.3 Å². The van der Waals surface area contributed by atoms with Gasteiger partial charge >= 0.3 is 0 Å². The molecule has 1 aliphatic heterocycles. The second-order valence-electron chi connectivity index (χ2n) is 6.03. The molecule has 0 aliphatic carbocycles. The summed E-state index contributed by atoms with van der Waals surface area (Å²) in [6.07, 6.45) is 2.89. The quantitative estimate of drug-likeness (QED) is 0.527. The van der Waals surface area contributed by atoms with Crippen LogP contribution in [0.2, 0.25) is 0 Å². The van der Waals surface area contributed by atoms with Crippen LogP contribution < -0.4 is 10.6 Å². The summed E-state index contributed by atoms with van der Waals surface area (Å²) in [5.74, 6) is -0.146. The highest BCUT2D eigenvalue weighted by atomic mass is 16.3. The zero-order chi connectivity index (χ0) is 20.2. The van der Waals surface area contributed by atoms with E-state index in [9.17, 15) is 14.9 Å². The zero-order valence-electron chi connectivity index (χ0n) is 15.0. The van der Waals surface area contributed by atoms with E-state index in [0.717, 1.165) is 0 Å². The number of nitriles is 1. The van der Waals surface area contributed by atoms with Crippen molar-refractivity contribution in [3.8, 4) is 6.07 Å². The van der Waals surface area contributed by atoms with Crippen LogP contribution in [0.3, 0.4) is 0 Å². The standard InChI is InChI=1S/C21H14N4O4/c22-11-16(20(26)23-12-13-5-3-9-28-13)18-14-6-1-2-7-15(14)19(24-18)25-21(27)17-8-4-10-29-17/h1-10H,12H2,(H,23,26)(H,24,25,27)/b18-16-. The molecular formula is C21H14N4O4. The highest BCUT2D eigenvalue weighted by molar-refractivity contribution is 6.20. The van der Waals surface area contributed by atoms with Gasteiger partial charge in [0.2, 0.25) is 0 Å². The Morgan fingerprint density at radius 1 is 1.00 bits per heavy atom. The van der Waals surface area contributed by atoms with Gasteiger partial charge < -0.3 is 19.5 Å². The average Bonchev–Trinajstić information content (AvgIpc) is 3.49. The number of fused-ring (bicyclic) bond motifs is 1.